The van der Waals surface area contributed by atoms with E-state index in [9.17, 15) is 8.42 Å². The lowest BCUT2D eigenvalue weighted by Gasteiger charge is -2.22. The molecule has 6 heteroatoms. The molecule has 1 saturated heterocycles. The fourth-order valence-corrected chi connectivity index (χ4v) is 3.78. The third-order valence-electron chi connectivity index (χ3n) is 3.16. The standard InChI is InChI=1S/C10H22N2O3S/c1-9-7-12(8-10(9)11(2)3)16(14,15)6-4-5-13/h9-10,13H,4-8H2,1-3H3. The Hall–Kier alpha value is -0.170. The lowest BCUT2D eigenvalue weighted by atomic mass is 10.1. The minimum atomic E-state index is -3.17. The summed E-state index contributed by atoms with van der Waals surface area (Å²) < 4.78 is 25.4. The second-order valence-corrected chi connectivity index (χ2v) is 6.81. The number of hydrogen-bond donors (Lipinski definition) is 1. The molecule has 1 heterocycles. The lowest BCUT2D eigenvalue weighted by Crippen LogP contribution is -2.36. The van der Waals surface area contributed by atoms with Gasteiger partial charge in [0.1, 0.15) is 0 Å². The number of aliphatic hydroxyl groups is 1. The fourth-order valence-electron chi connectivity index (χ4n) is 2.18. The van der Waals surface area contributed by atoms with Crippen molar-refractivity contribution in [2.75, 3.05) is 39.5 Å². The Kier molecular flexibility index (Phi) is 4.73. The Labute approximate surface area is 98.1 Å². The Balaban J connectivity index is 2.64. The summed E-state index contributed by atoms with van der Waals surface area (Å²) in [5.41, 5.74) is 0. The maximum absolute atomic E-state index is 11.9. The van der Waals surface area contributed by atoms with Gasteiger partial charge in [-0.15, -0.1) is 0 Å². The first-order valence-electron chi connectivity index (χ1n) is 5.63. The van der Waals surface area contributed by atoms with Crippen LogP contribution in [0.25, 0.3) is 0 Å². The van der Waals surface area contributed by atoms with Crippen LogP contribution in [-0.2, 0) is 10.0 Å². The Morgan fingerprint density at radius 1 is 1.38 bits per heavy atom. The van der Waals surface area contributed by atoms with Crippen molar-refractivity contribution in [3.63, 3.8) is 0 Å². The van der Waals surface area contributed by atoms with Gasteiger partial charge in [-0.25, -0.2) is 12.7 Å². The highest BCUT2D eigenvalue weighted by atomic mass is 32.2. The van der Waals surface area contributed by atoms with E-state index >= 15 is 0 Å². The topological polar surface area (TPSA) is 60.9 Å². The quantitative estimate of drug-likeness (QED) is 0.720. The zero-order valence-electron chi connectivity index (χ0n) is 10.3. The fraction of sp³-hybridized carbons (Fsp3) is 1.00. The molecule has 1 N–H and O–H groups in total. The van der Waals surface area contributed by atoms with E-state index in [1.807, 2.05) is 14.1 Å². The van der Waals surface area contributed by atoms with Gasteiger partial charge in [-0.2, -0.15) is 0 Å². The van der Waals surface area contributed by atoms with Crippen molar-refractivity contribution in [3.05, 3.63) is 0 Å². The van der Waals surface area contributed by atoms with E-state index in [0.29, 0.717) is 31.5 Å². The van der Waals surface area contributed by atoms with Crippen LogP contribution in [0.3, 0.4) is 0 Å². The van der Waals surface area contributed by atoms with Crippen molar-refractivity contribution in [2.45, 2.75) is 19.4 Å². The number of likely N-dealkylation sites (N-methyl/N-ethyl adjacent to an activating group) is 1. The van der Waals surface area contributed by atoms with Crippen LogP contribution in [0.5, 0.6) is 0 Å². The molecule has 16 heavy (non-hydrogen) atoms. The molecule has 0 spiro atoms. The molecule has 96 valence electrons. The second-order valence-electron chi connectivity index (χ2n) is 4.72. The SMILES string of the molecule is CC1CN(S(=O)(=O)CCCO)CC1N(C)C. The highest BCUT2D eigenvalue weighted by molar-refractivity contribution is 7.89. The van der Waals surface area contributed by atoms with Gasteiger partial charge in [0.15, 0.2) is 0 Å². The molecule has 0 aromatic carbocycles. The van der Waals surface area contributed by atoms with Crippen LogP contribution in [-0.4, -0.2) is 68.3 Å². The van der Waals surface area contributed by atoms with Crippen molar-refractivity contribution in [1.82, 2.24) is 9.21 Å². The molecule has 2 atom stereocenters. The molecule has 1 aliphatic rings. The largest absolute Gasteiger partial charge is 0.396 e. The van der Waals surface area contributed by atoms with Crippen molar-refractivity contribution < 1.29 is 13.5 Å². The van der Waals surface area contributed by atoms with E-state index in [1.54, 1.807) is 4.31 Å². The average molecular weight is 250 g/mol. The lowest BCUT2D eigenvalue weighted by molar-refractivity contribution is 0.262. The Morgan fingerprint density at radius 2 is 2.00 bits per heavy atom. The van der Waals surface area contributed by atoms with Gasteiger partial charge in [-0.05, 0) is 26.4 Å². The molecular formula is C10H22N2O3S. The first-order chi connectivity index (χ1) is 7.38. The molecule has 0 aromatic heterocycles. The number of aliphatic hydroxyl groups excluding tert-OH is 1. The molecule has 1 rings (SSSR count). The first kappa shape index (κ1) is 13.9. The molecule has 5 nitrogen and oxygen atoms in total. The predicted octanol–water partition coefficient (Wildman–Crippen LogP) is -0.419. The predicted molar refractivity (Wildman–Crippen MR) is 63.7 cm³/mol. The summed E-state index contributed by atoms with van der Waals surface area (Å²) in [6.07, 6.45) is 0.319. The van der Waals surface area contributed by atoms with Gasteiger partial charge >= 0.3 is 0 Å². The summed E-state index contributed by atoms with van der Waals surface area (Å²) in [5.74, 6) is 0.412. The van der Waals surface area contributed by atoms with Crippen LogP contribution in [0.2, 0.25) is 0 Å². The Morgan fingerprint density at radius 3 is 2.44 bits per heavy atom. The number of sulfonamides is 1. The van der Waals surface area contributed by atoms with Crippen molar-refractivity contribution in [1.29, 1.82) is 0 Å². The van der Waals surface area contributed by atoms with Gasteiger partial charge in [0.25, 0.3) is 0 Å². The molecular weight excluding hydrogens is 228 g/mol. The minimum absolute atomic E-state index is 0.0520. The summed E-state index contributed by atoms with van der Waals surface area (Å²) >= 11 is 0. The van der Waals surface area contributed by atoms with Crippen molar-refractivity contribution >= 4 is 10.0 Å². The van der Waals surface area contributed by atoms with Gasteiger partial charge in [0, 0.05) is 25.7 Å². The van der Waals surface area contributed by atoms with Crippen molar-refractivity contribution in [3.8, 4) is 0 Å². The minimum Gasteiger partial charge on any atom is -0.396 e. The third kappa shape index (κ3) is 3.16. The molecule has 0 amide bonds. The number of nitrogens with zero attached hydrogens (tertiary/aromatic N) is 2. The summed E-state index contributed by atoms with van der Waals surface area (Å²) in [6, 6.07) is 0.295. The monoisotopic (exact) mass is 250 g/mol. The molecule has 0 aromatic rings. The summed E-state index contributed by atoms with van der Waals surface area (Å²) in [6.45, 7) is 3.17. The van der Waals surface area contributed by atoms with Crippen LogP contribution in [0.1, 0.15) is 13.3 Å². The van der Waals surface area contributed by atoms with Gasteiger partial charge in [-0.3, -0.25) is 0 Å². The van der Waals surface area contributed by atoms with E-state index in [-0.39, 0.29) is 12.4 Å². The van der Waals surface area contributed by atoms with Gasteiger partial charge in [0.05, 0.1) is 5.75 Å². The highest BCUT2D eigenvalue weighted by Crippen LogP contribution is 2.22. The summed E-state index contributed by atoms with van der Waals surface area (Å²) in [5, 5.41) is 8.67. The maximum Gasteiger partial charge on any atom is 0.214 e. The van der Waals surface area contributed by atoms with Crippen LogP contribution in [0.15, 0.2) is 0 Å². The summed E-state index contributed by atoms with van der Waals surface area (Å²) in [7, 11) is 0.780. The molecule has 2 unspecified atom stereocenters. The first-order valence-corrected chi connectivity index (χ1v) is 7.24. The van der Waals surface area contributed by atoms with E-state index in [0.717, 1.165) is 0 Å². The average Bonchev–Trinajstić information content (AvgIpc) is 2.58. The Bertz CT molecular complexity index is 316. The smallest absolute Gasteiger partial charge is 0.214 e. The van der Waals surface area contributed by atoms with E-state index in [4.69, 9.17) is 5.11 Å². The van der Waals surface area contributed by atoms with Gasteiger partial charge < -0.3 is 10.0 Å². The number of hydrogen-bond acceptors (Lipinski definition) is 4. The van der Waals surface area contributed by atoms with Crippen molar-refractivity contribution in [2.24, 2.45) is 5.92 Å². The van der Waals surface area contributed by atoms with E-state index in [2.05, 4.69) is 11.8 Å². The molecule has 0 bridgehead atoms. The second kappa shape index (κ2) is 5.44. The van der Waals surface area contributed by atoms with E-state index in [1.165, 1.54) is 0 Å². The summed E-state index contributed by atoms with van der Waals surface area (Å²) in [4.78, 5) is 2.08. The van der Waals surface area contributed by atoms with Crippen LogP contribution in [0.4, 0.5) is 0 Å². The molecule has 1 aliphatic heterocycles. The van der Waals surface area contributed by atoms with Crippen LogP contribution in [0, 0.1) is 5.92 Å². The van der Waals surface area contributed by atoms with Gasteiger partial charge in [-0.1, -0.05) is 6.92 Å². The number of rotatable bonds is 5. The van der Waals surface area contributed by atoms with Gasteiger partial charge in [0.2, 0.25) is 10.0 Å². The third-order valence-corrected chi connectivity index (χ3v) is 5.05. The molecule has 1 fully saturated rings. The normalized spacial score (nSPS) is 27.8. The van der Waals surface area contributed by atoms with E-state index < -0.39 is 10.0 Å². The molecule has 0 saturated carbocycles. The molecule has 0 aliphatic carbocycles. The van der Waals surface area contributed by atoms with Crippen LogP contribution < -0.4 is 0 Å². The highest BCUT2D eigenvalue weighted by Gasteiger charge is 2.36. The van der Waals surface area contributed by atoms with Crippen LogP contribution >= 0.6 is 0 Å². The molecule has 0 radical (unpaired) electrons. The zero-order valence-corrected chi connectivity index (χ0v) is 11.1. The zero-order chi connectivity index (χ0) is 12.3. The maximum atomic E-state index is 11.9.